The maximum Gasteiger partial charge on any atom is 0.270 e. The summed E-state index contributed by atoms with van der Waals surface area (Å²) in [5.74, 6) is -0.283. The molecule has 4 aromatic rings. The molecule has 2 aromatic carbocycles. The molecule has 1 aliphatic rings. The Bertz CT molecular complexity index is 1390. The van der Waals surface area contributed by atoms with Crippen molar-refractivity contribution in [3.8, 4) is 22.3 Å². The van der Waals surface area contributed by atoms with Gasteiger partial charge in [0.1, 0.15) is 5.69 Å². The number of carbonyl (C=O) groups excluding carboxylic acids is 1. The second kappa shape index (κ2) is 9.16. The van der Waals surface area contributed by atoms with Crippen molar-refractivity contribution in [2.24, 2.45) is 0 Å². The third-order valence-electron chi connectivity index (χ3n) is 6.71. The van der Waals surface area contributed by atoms with Crippen molar-refractivity contribution in [2.45, 2.75) is 45.3 Å². The van der Waals surface area contributed by atoms with E-state index in [2.05, 4.69) is 24.1 Å². The van der Waals surface area contributed by atoms with Gasteiger partial charge in [0.05, 0.1) is 17.7 Å². The van der Waals surface area contributed by atoms with Crippen LogP contribution >= 0.6 is 11.6 Å². The first-order valence-electron chi connectivity index (χ1n) is 11.5. The van der Waals surface area contributed by atoms with Gasteiger partial charge >= 0.3 is 0 Å². The Morgan fingerprint density at radius 2 is 1.82 bits per heavy atom. The summed E-state index contributed by atoms with van der Waals surface area (Å²) in [6.07, 6.45) is 5.44. The number of fused-ring (bicyclic) bond motifs is 1. The summed E-state index contributed by atoms with van der Waals surface area (Å²) in [5.41, 5.74) is 7.10. The summed E-state index contributed by atoms with van der Waals surface area (Å²) in [5, 5.41) is 14.7. The average molecular weight is 472 g/mol. The van der Waals surface area contributed by atoms with Crippen molar-refractivity contribution in [1.82, 2.24) is 15.3 Å². The monoisotopic (exact) mass is 471 g/mol. The number of pyridine rings is 2. The molecule has 1 aliphatic carbocycles. The van der Waals surface area contributed by atoms with Crippen LogP contribution in [0.25, 0.3) is 33.2 Å². The molecule has 2 atom stereocenters. The molecule has 0 saturated heterocycles. The average Bonchev–Trinajstić information content (AvgIpc) is 3.23. The van der Waals surface area contributed by atoms with Gasteiger partial charge in [-0.2, -0.15) is 0 Å². The molecule has 5 nitrogen and oxygen atoms in total. The molecule has 34 heavy (non-hydrogen) atoms. The Hall–Kier alpha value is -3.28. The first-order chi connectivity index (χ1) is 16.4. The standard InChI is InChI=1S/C28H26ClN3O2/c1-16-14-23-27(17(2)26(16)18-10-12-30-13-11-18)20(19-6-3-4-7-21(19)29)15-24(31-23)28(34)32-22-8-5-9-25(22)33/h3-4,6-7,10-15,22,25,33H,5,8-9H2,1-2H3,(H,32,34)/t22-,25-/m1/s1. The van der Waals surface area contributed by atoms with Gasteiger partial charge in [0.2, 0.25) is 0 Å². The van der Waals surface area contributed by atoms with E-state index in [0.717, 1.165) is 57.1 Å². The smallest absolute Gasteiger partial charge is 0.270 e. The normalized spacial score (nSPS) is 17.8. The van der Waals surface area contributed by atoms with E-state index in [9.17, 15) is 9.90 Å². The molecule has 172 valence electrons. The van der Waals surface area contributed by atoms with E-state index >= 15 is 0 Å². The van der Waals surface area contributed by atoms with Crippen LogP contribution in [0.15, 0.2) is 60.9 Å². The van der Waals surface area contributed by atoms with Gasteiger partial charge in [-0.05, 0) is 91.3 Å². The Kier molecular flexibility index (Phi) is 6.07. The van der Waals surface area contributed by atoms with Crippen LogP contribution in [0.4, 0.5) is 0 Å². The van der Waals surface area contributed by atoms with Crippen LogP contribution in [0.1, 0.15) is 40.9 Å². The van der Waals surface area contributed by atoms with Crippen molar-refractivity contribution < 1.29 is 9.90 Å². The molecule has 2 aromatic heterocycles. The summed E-state index contributed by atoms with van der Waals surface area (Å²) in [6, 6.07) is 15.2. The van der Waals surface area contributed by atoms with Crippen LogP contribution in [-0.2, 0) is 0 Å². The molecule has 1 fully saturated rings. The van der Waals surface area contributed by atoms with Crippen LogP contribution in [0, 0.1) is 13.8 Å². The van der Waals surface area contributed by atoms with Crippen molar-refractivity contribution in [3.05, 3.63) is 82.8 Å². The maximum atomic E-state index is 13.2. The number of halogens is 1. The number of benzene rings is 2. The summed E-state index contributed by atoms with van der Waals surface area (Å²) >= 11 is 6.63. The van der Waals surface area contributed by atoms with E-state index in [-0.39, 0.29) is 11.9 Å². The third kappa shape index (κ3) is 4.06. The second-order valence-electron chi connectivity index (χ2n) is 8.94. The van der Waals surface area contributed by atoms with Gasteiger partial charge in [-0.15, -0.1) is 0 Å². The molecule has 0 aliphatic heterocycles. The summed E-state index contributed by atoms with van der Waals surface area (Å²) in [7, 11) is 0. The number of hydrogen-bond donors (Lipinski definition) is 2. The number of aliphatic hydroxyl groups is 1. The summed E-state index contributed by atoms with van der Waals surface area (Å²) in [4.78, 5) is 22.1. The lowest BCUT2D eigenvalue weighted by atomic mass is 9.89. The lowest BCUT2D eigenvalue weighted by molar-refractivity contribution is 0.0869. The van der Waals surface area contributed by atoms with Crippen LogP contribution in [0.2, 0.25) is 5.02 Å². The molecule has 0 unspecified atom stereocenters. The molecule has 0 bridgehead atoms. The fraction of sp³-hybridized carbons (Fsp3) is 0.250. The Labute approximate surface area is 203 Å². The minimum atomic E-state index is -0.514. The number of nitrogens with zero attached hydrogens (tertiary/aromatic N) is 2. The molecular weight excluding hydrogens is 446 g/mol. The fourth-order valence-corrected chi connectivity index (χ4v) is 5.32. The van der Waals surface area contributed by atoms with Gasteiger partial charge in [-0.25, -0.2) is 4.98 Å². The molecule has 0 radical (unpaired) electrons. The highest BCUT2D eigenvalue weighted by molar-refractivity contribution is 6.33. The van der Waals surface area contributed by atoms with Gasteiger partial charge in [-0.3, -0.25) is 9.78 Å². The zero-order valence-electron chi connectivity index (χ0n) is 19.2. The van der Waals surface area contributed by atoms with E-state index < -0.39 is 6.10 Å². The van der Waals surface area contributed by atoms with Gasteiger partial charge in [0.25, 0.3) is 5.91 Å². The molecule has 2 heterocycles. The quantitative estimate of drug-likeness (QED) is 0.390. The highest BCUT2D eigenvalue weighted by Crippen LogP contribution is 2.40. The van der Waals surface area contributed by atoms with Gasteiger partial charge in [0.15, 0.2) is 0 Å². The molecule has 0 spiro atoms. The highest BCUT2D eigenvalue weighted by atomic mass is 35.5. The molecule has 1 saturated carbocycles. The van der Waals surface area contributed by atoms with E-state index in [1.54, 1.807) is 12.4 Å². The first-order valence-corrected chi connectivity index (χ1v) is 11.9. The number of hydrogen-bond acceptors (Lipinski definition) is 4. The number of rotatable bonds is 4. The van der Waals surface area contributed by atoms with Gasteiger partial charge in [0, 0.05) is 28.4 Å². The van der Waals surface area contributed by atoms with Gasteiger partial charge < -0.3 is 10.4 Å². The number of carbonyl (C=O) groups is 1. The van der Waals surface area contributed by atoms with Crippen LogP contribution < -0.4 is 5.32 Å². The van der Waals surface area contributed by atoms with Crippen molar-refractivity contribution >= 4 is 28.4 Å². The number of aryl methyl sites for hydroxylation is 2. The maximum absolute atomic E-state index is 13.2. The second-order valence-corrected chi connectivity index (χ2v) is 9.34. The SMILES string of the molecule is Cc1cc2nc(C(=O)N[C@@H]3CCC[C@H]3O)cc(-c3ccccc3Cl)c2c(C)c1-c1ccncc1. The number of aliphatic hydroxyl groups excluding tert-OH is 1. The molecule has 2 N–H and O–H groups in total. The first kappa shape index (κ1) is 22.5. The third-order valence-corrected chi connectivity index (χ3v) is 7.04. The predicted molar refractivity (Wildman–Crippen MR) is 136 cm³/mol. The van der Waals surface area contributed by atoms with Crippen molar-refractivity contribution in [2.75, 3.05) is 0 Å². The lowest BCUT2D eigenvalue weighted by Crippen LogP contribution is -2.40. The van der Waals surface area contributed by atoms with Crippen molar-refractivity contribution in [3.63, 3.8) is 0 Å². The predicted octanol–water partition coefficient (Wildman–Crippen LogP) is 5.88. The number of aromatic nitrogens is 2. The van der Waals surface area contributed by atoms with Gasteiger partial charge in [-0.1, -0.05) is 29.8 Å². The lowest BCUT2D eigenvalue weighted by Gasteiger charge is -2.19. The zero-order chi connectivity index (χ0) is 23.8. The number of amides is 1. The molecule has 6 heteroatoms. The molecule has 5 rings (SSSR count). The fourth-order valence-electron chi connectivity index (χ4n) is 5.08. The van der Waals surface area contributed by atoms with E-state index in [0.29, 0.717) is 17.1 Å². The molecule has 1 amide bonds. The van der Waals surface area contributed by atoms with Crippen LogP contribution in [0.3, 0.4) is 0 Å². The topological polar surface area (TPSA) is 75.1 Å². The molecular formula is C28H26ClN3O2. The van der Waals surface area contributed by atoms with E-state index in [1.165, 1.54) is 0 Å². The largest absolute Gasteiger partial charge is 0.391 e. The van der Waals surface area contributed by atoms with Crippen LogP contribution in [-0.4, -0.2) is 33.1 Å². The minimum absolute atomic E-state index is 0.244. The van der Waals surface area contributed by atoms with E-state index in [4.69, 9.17) is 16.6 Å². The van der Waals surface area contributed by atoms with Crippen molar-refractivity contribution in [1.29, 1.82) is 0 Å². The number of nitrogens with one attached hydrogen (secondary N) is 1. The van der Waals surface area contributed by atoms with E-state index in [1.807, 2.05) is 48.5 Å². The summed E-state index contributed by atoms with van der Waals surface area (Å²) < 4.78 is 0. The Morgan fingerprint density at radius 1 is 1.06 bits per heavy atom. The Balaban J connectivity index is 1.73. The highest BCUT2D eigenvalue weighted by Gasteiger charge is 2.28. The summed E-state index contributed by atoms with van der Waals surface area (Å²) in [6.45, 7) is 4.14. The van der Waals surface area contributed by atoms with Crippen LogP contribution in [0.5, 0.6) is 0 Å². The Morgan fingerprint density at radius 3 is 2.53 bits per heavy atom. The minimum Gasteiger partial charge on any atom is -0.391 e. The zero-order valence-corrected chi connectivity index (χ0v) is 19.9.